The van der Waals surface area contributed by atoms with Gasteiger partial charge in [-0.3, -0.25) is 14.4 Å². The van der Waals surface area contributed by atoms with Gasteiger partial charge in [-0.1, -0.05) is 44.2 Å². The number of nitrogens with one attached hydrogen (secondary N) is 1. The number of hydrogen-bond acceptors (Lipinski definition) is 11. The number of rotatable bonds is 11. The summed E-state index contributed by atoms with van der Waals surface area (Å²) >= 11 is 0. The van der Waals surface area contributed by atoms with Crippen molar-refractivity contribution in [3.63, 3.8) is 0 Å². The number of ether oxygens (including phenoxy) is 2. The average molecular weight is 664 g/mol. The smallest absolute Gasteiger partial charge is 0.408 e. The predicted molar refractivity (Wildman–Crippen MR) is 180 cm³/mol. The SMILES string of the molecule is Cc1c(N)c(C(=O)[C@@H]2CCCN2C(=O)[C@@H](NC(=O)OCc2ccccc2)C(C)C)c(N)c2nc(CCCC(=O)OC(C)(C)C)oc(=O)c12. The summed E-state index contributed by atoms with van der Waals surface area (Å²) in [4.78, 5) is 71.8. The Bertz CT molecular complexity index is 1750. The summed E-state index contributed by atoms with van der Waals surface area (Å²) in [5, 5.41) is 2.72. The number of alkyl carbamates (subject to hydrolysis) is 1. The second kappa shape index (κ2) is 14.9. The molecule has 0 aliphatic carbocycles. The van der Waals surface area contributed by atoms with Gasteiger partial charge in [-0.25, -0.2) is 14.6 Å². The van der Waals surface area contributed by atoms with Gasteiger partial charge in [0, 0.05) is 25.1 Å². The molecule has 1 saturated heterocycles. The van der Waals surface area contributed by atoms with Crippen molar-refractivity contribution in [1.29, 1.82) is 0 Å². The molecule has 1 aromatic heterocycles. The van der Waals surface area contributed by atoms with Gasteiger partial charge in [0.2, 0.25) is 5.91 Å². The van der Waals surface area contributed by atoms with Crippen molar-refractivity contribution in [3.05, 3.63) is 63.3 Å². The van der Waals surface area contributed by atoms with Crippen molar-refractivity contribution in [2.75, 3.05) is 18.0 Å². The van der Waals surface area contributed by atoms with Crippen LogP contribution in [0.3, 0.4) is 0 Å². The number of nitrogens with zero attached hydrogens (tertiary/aromatic N) is 2. The molecule has 2 heterocycles. The Balaban J connectivity index is 1.56. The Kier molecular flexibility index (Phi) is 11.1. The number of nitrogen functional groups attached to an aromatic ring is 2. The number of carbonyl (C=O) groups is 4. The van der Waals surface area contributed by atoms with E-state index in [1.54, 1.807) is 41.5 Å². The van der Waals surface area contributed by atoms with E-state index in [1.165, 1.54) is 4.90 Å². The fourth-order valence-electron chi connectivity index (χ4n) is 5.77. The van der Waals surface area contributed by atoms with Crippen molar-refractivity contribution < 1.29 is 33.1 Å². The van der Waals surface area contributed by atoms with E-state index in [-0.39, 0.29) is 71.2 Å². The number of nitrogens with two attached hydrogens (primary N) is 2. The van der Waals surface area contributed by atoms with Crippen molar-refractivity contribution in [2.45, 2.75) is 97.9 Å². The minimum absolute atomic E-state index is 0.000834. The highest BCUT2D eigenvalue weighted by Crippen LogP contribution is 2.35. The summed E-state index contributed by atoms with van der Waals surface area (Å²) < 4.78 is 16.1. The van der Waals surface area contributed by atoms with Gasteiger partial charge in [-0.2, -0.15) is 0 Å². The van der Waals surface area contributed by atoms with Crippen LogP contribution in [0.4, 0.5) is 16.2 Å². The summed E-state index contributed by atoms with van der Waals surface area (Å²) in [5.74, 6) is -1.58. The summed E-state index contributed by atoms with van der Waals surface area (Å²) in [5.41, 5.74) is 12.6. The average Bonchev–Trinajstić information content (AvgIpc) is 3.51. The third-order valence-corrected chi connectivity index (χ3v) is 8.16. The molecule has 4 rings (SSSR count). The molecule has 0 bridgehead atoms. The van der Waals surface area contributed by atoms with Gasteiger partial charge < -0.3 is 35.6 Å². The van der Waals surface area contributed by atoms with Crippen molar-refractivity contribution in [1.82, 2.24) is 15.2 Å². The molecule has 48 heavy (non-hydrogen) atoms. The summed E-state index contributed by atoms with van der Waals surface area (Å²) in [6, 6.07) is 7.29. The largest absolute Gasteiger partial charge is 0.460 e. The van der Waals surface area contributed by atoms with E-state index in [2.05, 4.69) is 10.3 Å². The van der Waals surface area contributed by atoms with Crippen LogP contribution in [0.5, 0.6) is 0 Å². The standard InChI is InChI=1S/C35H45N5O8/c1-19(2)29(39-34(45)46-18-21-12-8-7-9-13-21)32(43)40-17-11-14-22(40)31(42)26-27(36)20(3)25-30(28(26)37)38-23(47-33(25)44)15-10-16-24(41)48-35(4,5)6/h7-9,12-13,19,22,29H,10-11,14-18,36-37H2,1-6H3,(H,39,45)/t22-,29-/m0/s1. The normalized spacial score (nSPS) is 15.4. The van der Waals surface area contributed by atoms with Crippen LogP contribution in [-0.4, -0.2) is 57.9 Å². The molecule has 3 aromatic rings. The minimum Gasteiger partial charge on any atom is -0.460 e. The number of benzene rings is 2. The molecule has 5 N–H and O–H groups in total. The number of aromatic nitrogens is 1. The van der Waals surface area contributed by atoms with Crippen molar-refractivity contribution in [3.8, 4) is 0 Å². The number of anilines is 2. The fourth-order valence-corrected chi connectivity index (χ4v) is 5.77. The van der Waals surface area contributed by atoms with Gasteiger partial charge in [-0.05, 0) is 64.0 Å². The molecule has 13 heteroatoms. The van der Waals surface area contributed by atoms with E-state index in [0.717, 1.165) is 5.56 Å². The Morgan fingerprint density at radius 1 is 1.10 bits per heavy atom. The van der Waals surface area contributed by atoms with E-state index < -0.39 is 47.1 Å². The van der Waals surface area contributed by atoms with Gasteiger partial charge in [0.05, 0.1) is 22.7 Å². The summed E-state index contributed by atoms with van der Waals surface area (Å²) in [7, 11) is 0. The Morgan fingerprint density at radius 3 is 2.44 bits per heavy atom. The lowest BCUT2D eigenvalue weighted by molar-refractivity contribution is -0.154. The molecule has 1 aliphatic heterocycles. The third kappa shape index (κ3) is 8.31. The maximum absolute atomic E-state index is 14.2. The maximum atomic E-state index is 14.2. The molecule has 1 fully saturated rings. The van der Waals surface area contributed by atoms with Crippen LogP contribution in [0.2, 0.25) is 0 Å². The van der Waals surface area contributed by atoms with Crippen LogP contribution in [0.1, 0.15) is 87.7 Å². The fraction of sp³-hybridized carbons (Fsp3) is 0.486. The van der Waals surface area contributed by atoms with E-state index >= 15 is 0 Å². The number of likely N-dealkylation sites (tertiary alicyclic amines) is 1. The van der Waals surface area contributed by atoms with E-state index in [1.807, 2.05) is 30.3 Å². The molecule has 0 saturated carbocycles. The molecule has 0 radical (unpaired) electrons. The number of amides is 2. The van der Waals surface area contributed by atoms with Crippen molar-refractivity contribution >= 4 is 46.0 Å². The molecule has 0 unspecified atom stereocenters. The molecule has 0 spiro atoms. The zero-order chi connectivity index (χ0) is 35.3. The van der Waals surface area contributed by atoms with E-state index in [0.29, 0.717) is 19.3 Å². The lowest BCUT2D eigenvalue weighted by Crippen LogP contribution is -2.54. The number of ketones is 1. The van der Waals surface area contributed by atoms with Crippen LogP contribution in [0, 0.1) is 12.8 Å². The van der Waals surface area contributed by atoms with E-state index in [4.69, 9.17) is 25.4 Å². The van der Waals surface area contributed by atoms with Crippen molar-refractivity contribution in [2.24, 2.45) is 5.92 Å². The quantitative estimate of drug-likeness (QED) is 0.149. The molecule has 2 aromatic carbocycles. The van der Waals surface area contributed by atoms with Crippen LogP contribution in [-0.2, 0) is 32.1 Å². The molecule has 2 amide bonds. The molecule has 258 valence electrons. The highest BCUT2D eigenvalue weighted by molar-refractivity contribution is 6.16. The first-order valence-corrected chi connectivity index (χ1v) is 16.1. The summed E-state index contributed by atoms with van der Waals surface area (Å²) in [6.45, 7) is 10.8. The number of aryl methyl sites for hydroxylation is 2. The van der Waals surface area contributed by atoms with Crippen LogP contribution >= 0.6 is 0 Å². The minimum atomic E-state index is -0.954. The molecule has 13 nitrogen and oxygen atoms in total. The third-order valence-electron chi connectivity index (χ3n) is 8.16. The number of fused-ring (bicyclic) bond motifs is 1. The van der Waals surface area contributed by atoms with Gasteiger partial charge in [0.1, 0.15) is 23.8 Å². The second-order valence-corrected chi connectivity index (χ2v) is 13.4. The molecule has 2 atom stereocenters. The Hall–Kier alpha value is -4.94. The number of carbonyl (C=O) groups excluding carboxylic acids is 4. The van der Waals surface area contributed by atoms with E-state index in [9.17, 15) is 24.0 Å². The topological polar surface area (TPSA) is 197 Å². The van der Waals surface area contributed by atoms with Gasteiger partial charge >= 0.3 is 17.7 Å². The Labute approximate surface area is 279 Å². The van der Waals surface area contributed by atoms with Crippen LogP contribution < -0.4 is 22.4 Å². The maximum Gasteiger partial charge on any atom is 0.408 e. The lowest BCUT2D eigenvalue weighted by atomic mass is 9.93. The van der Waals surface area contributed by atoms with Gasteiger partial charge in [0.25, 0.3) is 0 Å². The first kappa shape index (κ1) is 35.9. The molecule has 1 aliphatic rings. The van der Waals surface area contributed by atoms with Crippen LogP contribution in [0.15, 0.2) is 39.5 Å². The lowest BCUT2D eigenvalue weighted by Gasteiger charge is -2.30. The number of esters is 1. The number of Topliss-reactive ketones (excluding diaryl/α,β-unsaturated/α-hetero) is 1. The Morgan fingerprint density at radius 2 is 1.79 bits per heavy atom. The number of hydrogen-bond donors (Lipinski definition) is 3. The predicted octanol–water partition coefficient (Wildman–Crippen LogP) is 4.45. The highest BCUT2D eigenvalue weighted by Gasteiger charge is 2.40. The second-order valence-electron chi connectivity index (χ2n) is 13.4. The summed E-state index contributed by atoms with van der Waals surface area (Å²) in [6.07, 6.45) is 0.687. The zero-order valence-electron chi connectivity index (χ0n) is 28.4. The van der Waals surface area contributed by atoms with Gasteiger partial charge in [-0.15, -0.1) is 0 Å². The van der Waals surface area contributed by atoms with Crippen LogP contribution in [0.25, 0.3) is 10.9 Å². The first-order valence-electron chi connectivity index (χ1n) is 16.1. The monoisotopic (exact) mass is 663 g/mol. The molecular weight excluding hydrogens is 618 g/mol. The zero-order valence-corrected chi connectivity index (χ0v) is 28.4. The first-order chi connectivity index (χ1) is 22.6. The highest BCUT2D eigenvalue weighted by atomic mass is 16.6. The molecular formula is C35H45N5O8. The van der Waals surface area contributed by atoms with Gasteiger partial charge in [0.15, 0.2) is 11.7 Å².